The molecule has 4 nitrogen and oxygen atoms in total. The van der Waals surface area contributed by atoms with Crippen LogP contribution < -0.4 is 5.32 Å². The standard InChI is InChI=1S/C23H27N3O/c1-26(2)13-3-12-24-23-20-14-18(16-6-9-19(27)10-7-16)8-11-22(20)25-15-21(23)17-4-5-17/h6-11,14-15,17,27H,3-5,12-13H2,1-2H3,(H,24,25). The second-order valence-corrected chi connectivity index (χ2v) is 7.73. The first-order chi connectivity index (χ1) is 13.1. The topological polar surface area (TPSA) is 48.4 Å². The summed E-state index contributed by atoms with van der Waals surface area (Å²) >= 11 is 0. The maximum atomic E-state index is 9.56. The number of phenols is 1. The van der Waals surface area contributed by atoms with Gasteiger partial charge in [-0.05, 0) is 86.8 Å². The van der Waals surface area contributed by atoms with Gasteiger partial charge in [-0.2, -0.15) is 0 Å². The minimum atomic E-state index is 0.292. The second kappa shape index (κ2) is 7.57. The van der Waals surface area contributed by atoms with Crippen molar-refractivity contribution in [2.24, 2.45) is 0 Å². The Morgan fingerprint density at radius 1 is 1.07 bits per heavy atom. The van der Waals surface area contributed by atoms with Gasteiger partial charge in [0.1, 0.15) is 5.75 Å². The fraction of sp³-hybridized carbons (Fsp3) is 0.348. The van der Waals surface area contributed by atoms with Crippen molar-refractivity contribution in [2.75, 3.05) is 32.5 Å². The third-order valence-corrected chi connectivity index (χ3v) is 5.20. The van der Waals surface area contributed by atoms with Crippen molar-refractivity contribution in [3.05, 3.63) is 54.2 Å². The van der Waals surface area contributed by atoms with Gasteiger partial charge in [0.2, 0.25) is 0 Å². The fourth-order valence-electron chi connectivity index (χ4n) is 3.55. The molecule has 3 aromatic rings. The van der Waals surface area contributed by atoms with Gasteiger partial charge in [0.25, 0.3) is 0 Å². The summed E-state index contributed by atoms with van der Waals surface area (Å²) in [5.74, 6) is 0.941. The summed E-state index contributed by atoms with van der Waals surface area (Å²) in [7, 11) is 4.22. The summed E-state index contributed by atoms with van der Waals surface area (Å²) in [5, 5.41) is 14.5. The fourth-order valence-corrected chi connectivity index (χ4v) is 3.55. The first-order valence-corrected chi connectivity index (χ1v) is 9.72. The molecule has 1 aliphatic carbocycles. The molecule has 27 heavy (non-hydrogen) atoms. The van der Waals surface area contributed by atoms with Crippen LogP contribution in [0, 0.1) is 0 Å². The molecule has 0 saturated heterocycles. The lowest BCUT2D eigenvalue weighted by Crippen LogP contribution is -2.16. The van der Waals surface area contributed by atoms with E-state index in [1.165, 1.54) is 29.5 Å². The summed E-state index contributed by atoms with van der Waals surface area (Å²) in [4.78, 5) is 6.94. The summed E-state index contributed by atoms with van der Waals surface area (Å²) in [6, 6.07) is 13.8. The molecule has 1 aliphatic rings. The van der Waals surface area contributed by atoms with Gasteiger partial charge in [0.15, 0.2) is 0 Å². The number of hydrogen-bond acceptors (Lipinski definition) is 4. The third kappa shape index (κ3) is 4.06. The molecule has 0 atom stereocenters. The summed E-state index contributed by atoms with van der Waals surface area (Å²) < 4.78 is 0. The Morgan fingerprint density at radius 2 is 1.81 bits per heavy atom. The lowest BCUT2D eigenvalue weighted by molar-refractivity contribution is 0.405. The van der Waals surface area contributed by atoms with Crippen LogP contribution in [0.4, 0.5) is 5.69 Å². The van der Waals surface area contributed by atoms with Crippen molar-refractivity contribution in [3.8, 4) is 16.9 Å². The maximum Gasteiger partial charge on any atom is 0.115 e. The first-order valence-electron chi connectivity index (χ1n) is 9.72. The normalized spacial score (nSPS) is 14.0. The molecule has 1 saturated carbocycles. The van der Waals surface area contributed by atoms with Crippen LogP contribution in [-0.4, -0.2) is 42.2 Å². The highest BCUT2D eigenvalue weighted by Gasteiger charge is 2.27. The van der Waals surface area contributed by atoms with Crippen LogP contribution in [-0.2, 0) is 0 Å². The Kier molecular flexibility index (Phi) is 4.99. The van der Waals surface area contributed by atoms with Crippen LogP contribution in [0.1, 0.15) is 30.7 Å². The molecule has 0 amide bonds. The molecule has 0 aliphatic heterocycles. The van der Waals surface area contributed by atoms with E-state index in [2.05, 4.69) is 48.7 Å². The number of hydrogen-bond donors (Lipinski definition) is 2. The molecular weight excluding hydrogens is 334 g/mol. The van der Waals surface area contributed by atoms with Crippen molar-refractivity contribution >= 4 is 16.6 Å². The van der Waals surface area contributed by atoms with Gasteiger partial charge in [0, 0.05) is 23.8 Å². The van der Waals surface area contributed by atoms with Crippen LogP contribution in [0.2, 0.25) is 0 Å². The Balaban J connectivity index is 1.71. The van der Waals surface area contributed by atoms with Gasteiger partial charge in [-0.1, -0.05) is 18.2 Å². The van der Waals surface area contributed by atoms with Crippen molar-refractivity contribution < 1.29 is 5.11 Å². The predicted octanol–water partition coefficient (Wildman–Crippen LogP) is 4.85. The van der Waals surface area contributed by atoms with E-state index in [9.17, 15) is 5.11 Å². The molecule has 0 spiro atoms. The second-order valence-electron chi connectivity index (χ2n) is 7.73. The van der Waals surface area contributed by atoms with Crippen molar-refractivity contribution in [3.63, 3.8) is 0 Å². The van der Waals surface area contributed by atoms with Crippen molar-refractivity contribution in [1.29, 1.82) is 0 Å². The largest absolute Gasteiger partial charge is 0.508 e. The number of rotatable bonds is 7. The Labute approximate surface area is 160 Å². The zero-order chi connectivity index (χ0) is 18.8. The molecule has 140 valence electrons. The van der Waals surface area contributed by atoms with Crippen LogP contribution in [0.25, 0.3) is 22.0 Å². The smallest absolute Gasteiger partial charge is 0.115 e. The highest BCUT2D eigenvalue weighted by atomic mass is 16.3. The molecule has 1 fully saturated rings. The number of phenolic OH excluding ortho intramolecular Hbond substituents is 1. The maximum absolute atomic E-state index is 9.56. The molecule has 1 heterocycles. The number of anilines is 1. The molecular formula is C23H27N3O. The summed E-state index contributed by atoms with van der Waals surface area (Å²) in [6.07, 6.45) is 5.70. The zero-order valence-electron chi connectivity index (χ0n) is 16.1. The summed E-state index contributed by atoms with van der Waals surface area (Å²) in [5.41, 5.74) is 5.88. The number of aromatic nitrogens is 1. The first kappa shape index (κ1) is 17.8. The number of fused-ring (bicyclic) bond motifs is 1. The van der Waals surface area contributed by atoms with Gasteiger partial charge >= 0.3 is 0 Å². The molecule has 1 aromatic heterocycles. The molecule has 0 radical (unpaired) electrons. The van der Waals surface area contributed by atoms with Gasteiger partial charge in [-0.15, -0.1) is 0 Å². The molecule has 2 aromatic carbocycles. The average Bonchev–Trinajstić information content (AvgIpc) is 3.50. The highest BCUT2D eigenvalue weighted by molar-refractivity contribution is 5.96. The lowest BCUT2D eigenvalue weighted by Gasteiger charge is -2.16. The van der Waals surface area contributed by atoms with Crippen molar-refractivity contribution in [1.82, 2.24) is 9.88 Å². The van der Waals surface area contributed by atoms with E-state index in [0.717, 1.165) is 36.2 Å². The third-order valence-electron chi connectivity index (χ3n) is 5.20. The van der Waals surface area contributed by atoms with E-state index in [0.29, 0.717) is 11.7 Å². The molecule has 0 unspecified atom stereocenters. The zero-order valence-corrected chi connectivity index (χ0v) is 16.1. The van der Waals surface area contributed by atoms with Crippen LogP contribution >= 0.6 is 0 Å². The number of pyridine rings is 1. The molecule has 0 bridgehead atoms. The number of nitrogens with one attached hydrogen (secondary N) is 1. The lowest BCUT2D eigenvalue weighted by atomic mass is 10.00. The van der Waals surface area contributed by atoms with Gasteiger partial charge in [-0.25, -0.2) is 0 Å². The minimum absolute atomic E-state index is 0.292. The average molecular weight is 361 g/mol. The molecule has 4 heteroatoms. The van der Waals surface area contributed by atoms with Crippen LogP contribution in [0.5, 0.6) is 5.75 Å². The Hall–Kier alpha value is -2.59. The Bertz CT molecular complexity index is 930. The van der Waals surface area contributed by atoms with E-state index in [4.69, 9.17) is 4.98 Å². The number of nitrogens with zero attached hydrogens (tertiary/aromatic N) is 2. The van der Waals surface area contributed by atoms with E-state index in [1.54, 1.807) is 12.1 Å². The quantitative estimate of drug-likeness (QED) is 0.591. The van der Waals surface area contributed by atoms with Gasteiger partial charge < -0.3 is 15.3 Å². The van der Waals surface area contributed by atoms with Crippen LogP contribution in [0.3, 0.4) is 0 Å². The van der Waals surface area contributed by atoms with Crippen molar-refractivity contribution in [2.45, 2.75) is 25.2 Å². The minimum Gasteiger partial charge on any atom is -0.508 e. The number of aromatic hydroxyl groups is 1. The molecule has 4 rings (SSSR count). The van der Waals surface area contributed by atoms with E-state index in [1.807, 2.05) is 12.1 Å². The van der Waals surface area contributed by atoms with E-state index >= 15 is 0 Å². The SMILES string of the molecule is CN(C)CCCNc1c(C2CC2)cnc2ccc(-c3ccc(O)cc3)cc12. The van der Waals surface area contributed by atoms with E-state index in [-0.39, 0.29) is 0 Å². The highest BCUT2D eigenvalue weighted by Crippen LogP contribution is 2.45. The van der Waals surface area contributed by atoms with Crippen LogP contribution in [0.15, 0.2) is 48.7 Å². The predicted molar refractivity (Wildman–Crippen MR) is 112 cm³/mol. The Morgan fingerprint density at radius 3 is 2.52 bits per heavy atom. The van der Waals surface area contributed by atoms with E-state index < -0.39 is 0 Å². The summed E-state index contributed by atoms with van der Waals surface area (Å²) in [6.45, 7) is 2.04. The molecule has 2 N–H and O–H groups in total. The van der Waals surface area contributed by atoms with Gasteiger partial charge in [0.05, 0.1) is 5.52 Å². The number of benzene rings is 2. The van der Waals surface area contributed by atoms with Gasteiger partial charge in [-0.3, -0.25) is 4.98 Å². The monoisotopic (exact) mass is 361 g/mol.